The second-order valence-corrected chi connectivity index (χ2v) is 6.63. The standard InChI is InChI=1S/C22H24FNO3/c1-17-8-10-18(11-9-17)13-24(15-20-5-4-12-26-20)14-19(25)16-27-22-7-3-2-6-21(22)23/h2-12,19,25H,13-16H2,1H3. The Bertz CT molecular complexity index is 818. The molecule has 2 aromatic carbocycles. The predicted octanol–water partition coefficient (Wildman–Crippen LogP) is 4.17. The van der Waals surface area contributed by atoms with Crippen LogP contribution in [0.2, 0.25) is 0 Å². The highest BCUT2D eigenvalue weighted by Crippen LogP contribution is 2.16. The van der Waals surface area contributed by atoms with Crippen molar-refractivity contribution in [3.05, 3.63) is 89.6 Å². The van der Waals surface area contributed by atoms with Crippen LogP contribution in [0, 0.1) is 12.7 Å². The average molecular weight is 369 g/mol. The summed E-state index contributed by atoms with van der Waals surface area (Å²) in [5, 5.41) is 10.4. The Kier molecular flexibility index (Phi) is 6.63. The van der Waals surface area contributed by atoms with Crippen LogP contribution in [0.25, 0.3) is 0 Å². The molecule has 27 heavy (non-hydrogen) atoms. The van der Waals surface area contributed by atoms with E-state index in [1.54, 1.807) is 24.5 Å². The van der Waals surface area contributed by atoms with Gasteiger partial charge in [-0.1, -0.05) is 42.0 Å². The van der Waals surface area contributed by atoms with E-state index in [0.29, 0.717) is 19.6 Å². The number of furan rings is 1. The van der Waals surface area contributed by atoms with Crippen LogP contribution in [0.1, 0.15) is 16.9 Å². The molecule has 1 heterocycles. The molecule has 0 aliphatic carbocycles. The van der Waals surface area contributed by atoms with Gasteiger partial charge in [-0.25, -0.2) is 4.39 Å². The maximum Gasteiger partial charge on any atom is 0.165 e. The zero-order valence-corrected chi connectivity index (χ0v) is 15.3. The van der Waals surface area contributed by atoms with Crippen LogP contribution in [-0.2, 0) is 13.1 Å². The van der Waals surface area contributed by atoms with Crippen molar-refractivity contribution in [2.24, 2.45) is 0 Å². The van der Waals surface area contributed by atoms with Gasteiger partial charge in [-0.05, 0) is 36.8 Å². The Balaban J connectivity index is 1.61. The molecule has 0 radical (unpaired) electrons. The fourth-order valence-corrected chi connectivity index (χ4v) is 2.86. The summed E-state index contributed by atoms with van der Waals surface area (Å²) in [5.41, 5.74) is 2.35. The van der Waals surface area contributed by atoms with Gasteiger partial charge in [0.25, 0.3) is 0 Å². The van der Waals surface area contributed by atoms with E-state index in [0.717, 1.165) is 11.3 Å². The maximum absolute atomic E-state index is 13.6. The third-order valence-corrected chi connectivity index (χ3v) is 4.22. The van der Waals surface area contributed by atoms with Gasteiger partial charge in [-0.15, -0.1) is 0 Å². The molecule has 0 saturated carbocycles. The summed E-state index contributed by atoms with van der Waals surface area (Å²) < 4.78 is 24.5. The number of aliphatic hydroxyl groups is 1. The predicted molar refractivity (Wildman–Crippen MR) is 102 cm³/mol. The van der Waals surface area contributed by atoms with Crippen molar-refractivity contribution >= 4 is 0 Å². The van der Waals surface area contributed by atoms with Gasteiger partial charge in [0.15, 0.2) is 11.6 Å². The van der Waals surface area contributed by atoms with Gasteiger partial charge in [0.1, 0.15) is 18.5 Å². The minimum absolute atomic E-state index is 0.0173. The van der Waals surface area contributed by atoms with Crippen molar-refractivity contribution < 1.29 is 18.7 Å². The van der Waals surface area contributed by atoms with Gasteiger partial charge in [0.2, 0.25) is 0 Å². The molecule has 0 fully saturated rings. The van der Waals surface area contributed by atoms with Crippen molar-refractivity contribution in [1.82, 2.24) is 4.90 Å². The molecule has 4 nitrogen and oxygen atoms in total. The average Bonchev–Trinajstić information content (AvgIpc) is 3.16. The number of rotatable bonds is 9. The van der Waals surface area contributed by atoms with Crippen molar-refractivity contribution in [1.29, 1.82) is 0 Å². The maximum atomic E-state index is 13.6. The number of hydrogen-bond acceptors (Lipinski definition) is 4. The quantitative estimate of drug-likeness (QED) is 0.615. The van der Waals surface area contributed by atoms with Crippen LogP contribution >= 0.6 is 0 Å². The van der Waals surface area contributed by atoms with Crippen LogP contribution in [0.15, 0.2) is 71.3 Å². The Morgan fingerprint density at radius 3 is 2.52 bits per heavy atom. The highest BCUT2D eigenvalue weighted by Gasteiger charge is 2.15. The molecule has 5 heteroatoms. The second kappa shape index (κ2) is 9.35. The van der Waals surface area contributed by atoms with E-state index in [1.807, 2.05) is 19.1 Å². The molecule has 0 aliphatic heterocycles. The number of benzene rings is 2. The first-order valence-corrected chi connectivity index (χ1v) is 8.96. The first-order valence-electron chi connectivity index (χ1n) is 8.96. The Labute approximate surface area is 158 Å². The van der Waals surface area contributed by atoms with E-state index in [1.165, 1.54) is 11.6 Å². The number of para-hydroxylation sites is 1. The number of aliphatic hydroxyl groups excluding tert-OH is 1. The van der Waals surface area contributed by atoms with Crippen LogP contribution < -0.4 is 4.74 Å². The first kappa shape index (κ1) is 19.1. The minimum Gasteiger partial charge on any atom is -0.488 e. The summed E-state index contributed by atoms with van der Waals surface area (Å²) in [5.74, 6) is 0.536. The molecule has 1 atom stereocenters. The van der Waals surface area contributed by atoms with Gasteiger partial charge >= 0.3 is 0 Å². The summed E-state index contributed by atoms with van der Waals surface area (Å²) in [4.78, 5) is 2.08. The van der Waals surface area contributed by atoms with Crippen molar-refractivity contribution in [2.45, 2.75) is 26.1 Å². The fourth-order valence-electron chi connectivity index (χ4n) is 2.86. The lowest BCUT2D eigenvalue weighted by Crippen LogP contribution is -2.35. The highest BCUT2D eigenvalue weighted by atomic mass is 19.1. The zero-order valence-electron chi connectivity index (χ0n) is 15.3. The molecule has 1 N–H and O–H groups in total. The van der Waals surface area contributed by atoms with E-state index in [9.17, 15) is 9.50 Å². The van der Waals surface area contributed by atoms with Crippen LogP contribution in [0.3, 0.4) is 0 Å². The van der Waals surface area contributed by atoms with Crippen LogP contribution in [0.5, 0.6) is 5.75 Å². The number of aryl methyl sites for hydroxylation is 1. The number of ether oxygens (including phenoxy) is 1. The van der Waals surface area contributed by atoms with E-state index in [4.69, 9.17) is 9.15 Å². The van der Waals surface area contributed by atoms with E-state index in [-0.39, 0.29) is 12.4 Å². The largest absolute Gasteiger partial charge is 0.488 e. The molecule has 3 aromatic rings. The molecule has 142 valence electrons. The number of nitrogens with zero attached hydrogens (tertiary/aromatic N) is 1. The molecule has 1 aromatic heterocycles. The monoisotopic (exact) mass is 369 g/mol. The van der Waals surface area contributed by atoms with Crippen LogP contribution in [0.4, 0.5) is 4.39 Å². The molecule has 0 amide bonds. The Morgan fingerprint density at radius 2 is 1.81 bits per heavy atom. The van der Waals surface area contributed by atoms with Gasteiger partial charge < -0.3 is 14.3 Å². The topological polar surface area (TPSA) is 45.8 Å². The lowest BCUT2D eigenvalue weighted by molar-refractivity contribution is 0.0592. The van der Waals surface area contributed by atoms with Crippen molar-refractivity contribution in [3.8, 4) is 5.75 Å². The zero-order chi connectivity index (χ0) is 19.1. The molecule has 1 unspecified atom stereocenters. The van der Waals surface area contributed by atoms with Gasteiger partial charge in [-0.2, -0.15) is 0 Å². The third-order valence-electron chi connectivity index (χ3n) is 4.22. The SMILES string of the molecule is Cc1ccc(CN(Cc2ccco2)CC(O)COc2ccccc2F)cc1. The summed E-state index contributed by atoms with van der Waals surface area (Å²) in [6, 6.07) is 18.2. The summed E-state index contributed by atoms with van der Waals surface area (Å²) >= 11 is 0. The second-order valence-electron chi connectivity index (χ2n) is 6.63. The Hall–Kier alpha value is -2.63. The summed E-state index contributed by atoms with van der Waals surface area (Å²) in [6.45, 7) is 3.68. The summed E-state index contributed by atoms with van der Waals surface area (Å²) in [6.07, 6.45) is 0.877. The van der Waals surface area contributed by atoms with Crippen LogP contribution in [-0.4, -0.2) is 29.3 Å². The van der Waals surface area contributed by atoms with Gasteiger partial charge in [0, 0.05) is 13.1 Å². The molecule has 0 spiro atoms. The number of halogens is 1. The first-order chi connectivity index (χ1) is 13.1. The van der Waals surface area contributed by atoms with Gasteiger partial charge in [-0.3, -0.25) is 4.90 Å². The minimum atomic E-state index is -0.759. The highest BCUT2D eigenvalue weighted by molar-refractivity contribution is 5.23. The van der Waals surface area contributed by atoms with Gasteiger partial charge in [0.05, 0.1) is 12.8 Å². The molecular formula is C22H24FNO3. The molecule has 0 aliphatic rings. The Morgan fingerprint density at radius 1 is 1.04 bits per heavy atom. The number of hydrogen-bond donors (Lipinski definition) is 1. The van der Waals surface area contributed by atoms with E-state index in [2.05, 4.69) is 29.2 Å². The lowest BCUT2D eigenvalue weighted by atomic mass is 10.1. The lowest BCUT2D eigenvalue weighted by Gasteiger charge is -2.24. The molecule has 0 bridgehead atoms. The van der Waals surface area contributed by atoms with E-state index >= 15 is 0 Å². The van der Waals surface area contributed by atoms with Crippen molar-refractivity contribution in [2.75, 3.05) is 13.2 Å². The third kappa shape index (κ3) is 5.94. The molecule has 0 saturated heterocycles. The fraction of sp³-hybridized carbons (Fsp3) is 0.273. The molecular weight excluding hydrogens is 345 g/mol. The van der Waals surface area contributed by atoms with E-state index < -0.39 is 11.9 Å². The molecule has 3 rings (SSSR count). The van der Waals surface area contributed by atoms with Crippen molar-refractivity contribution in [3.63, 3.8) is 0 Å². The normalized spacial score (nSPS) is 12.3. The smallest absolute Gasteiger partial charge is 0.165 e. The summed E-state index contributed by atoms with van der Waals surface area (Å²) in [7, 11) is 0.